The summed E-state index contributed by atoms with van der Waals surface area (Å²) >= 11 is 7.97. The van der Waals surface area contributed by atoms with Crippen molar-refractivity contribution in [1.29, 1.82) is 0 Å². The Morgan fingerprint density at radius 3 is 2.50 bits per heavy atom. The van der Waals surface area contributed by atoms with E-state index in [1.54, 1.807) is 49.9 Å². The third kappa shape index (κ3) is 4.73. The zero-order valence-electron chi connectivity index (χ0n) is 22.6. The molecule has 0 saturated heterocycles. The number of halogens is 1. The fourth-order valence-corrected chi connectivity index (χ4v) is 6.03. The number of hydrogen-bond donors (Lipinski definition) is 0. The van der Waals surface area contributed by atoms with Crippen LogP contribution in [0.5, 0.6) is 11.5 Å². The fourth-order valence-electron chi connectivity index (χ4n) is 4.68. The van der Waals surface area contributed by atoms with E-state index in [1.807, 2.05) is 37.3 Å². The minimum atomic E-state index is -0.791. The third-order valence-corrected chi connectivity index (χ3v) is 7.91. The molecule has 11 heteroatoms. The number of thiazole rings is 1. The van der Waals surface area contributed by atoms with Gasteiger partial charge in [-0.05, 0) is 56.7 Å². The van der Waals surface area contributed by atoms with Gasteiger partial charge in [-0.25, -0.2) is 14.5 Å². The van der Waals surface area contributed by atoms with Crippen LogP contribution in [0.25, 0.3) is 11.8 Å². The molecule has 0 fully saturated rings. The number of aromatic nitrogens is 3. The number of para-hydroxylation sites is 1. The summed E-state index contributed by atoms with van der Waals surface area (Å²) < 4.78 is 19.8. The van der Waals surface area contributed by atoms with Crippen LogP contribution in [0.2, 0.25) is 5.15 Å². The van der Waals surface area contributed by atoms with Gasteiger partial charge in [0, 0.05) is 5.56 Å². The molecule has 0 spiro atoms. The van der Waals surface area contributed by atoms with Crippen molar-refractivity contribution in [2.24, 2.45) is 4.99 Å². The molecule has 0 radical (unpaired) electrons. The number of esters is 1. The first-order valence-electron chi connectivity index (χ1n) is 12.5. The van der Waals surface area contributed by atoms with Crippen molar-refractivity contribution < 1.29 is 19.0 Å². The van der Waals surface area contributed by atoms with E-state index in [4.69, 9.17) is 25.8 Å². The summed E-state index contributed by atoms with van der Waals surface area (Å²) in [5.41, 5.74) is 3.17. The highest BCUT2D eigenvalue weighted by Gasteiger charge is 2.34. The summed E-state index contributed by atoms with van der Waals surface area (Å²) in [6.07, 6.45) is 1.73. The number of ether oxygens (including phenoxy) is 3. The van der Waals surface area contributed by atoms with Gasteiger partial charge >= 0.3 is 5.97 Å². The number of allylic oxidation sites excluding steroid dienone is 1. The van der Waals surface area contributed by atoms with Gasteiger partial charge in [-0.15, -0.1) is 0 Å². The summed E-state index contributed by atoms with van der Waals surface area (Å²) in [4.78, 5) is 32.2. The van der Waals surface area contributed by atoms with Gasteiger partial charge in [0.25, 0.3) is 5.56 Å². The molecular weight excluding hydrogens is 552 g/mol. The Kier molecular flexibility index (Phi) is 7.64. The van der Waals surface area contributed by atoms with Gasteiger partial charge < -0.3 is 14.2 Å². The van der Waals surface area contributed by atoms with E-state index in [2.05, 4.69) is 10.1 Å². The molecule has 9 nitrogen and oxygen atoms in total. The molecule has 0 saturated carbocycles. The minimum Gasteiger partial charge on any atom is -0.493 e. The van der Waals surface area contributed by atoms with Crippen molar-refractivity contribution in [2.45, 2.75) is 26.8 Å². The van der Waals surface area contributed by atoms with Gasteiger partial charge in [0.15, 0.2) is 16.3 Å². The molecule has 40 heavy (non-hydrogen) atoms. The first kappa shape index (κ1) is 27.4. The van der Waals surface area contributed by atoms with Crippen LogP contribution in [0.4, 0.5) is 0 Å². The average molecular weight is 579 g/mol. The highest BCUT2D eigenvalue weighted by Crippen LogP contribution is 2.36. The Morgan fingerprint density at radius 2 is 1.82 bits per heavy atom. The Morgan fingerprint density at radius 1 is 1.10 bits per heavy atom. The lowest BCUT2D eigenvalue weighted by molar-refractivity contribution is -0.139. The van der Waals surface area contributed by atoms with Gasteiger partial charge in [-0.3, -0.25) is 9.36 Å². The second kappa shape index (κ2) is 11.1. The fraction of sp³-hybridized carbons (Fsp3) is 0.241. The van der Waals surface area contributed by atoms with E-state index in [9.17, 15) is 9.59 Å². The van der Waals surface area contributed by atoms with Crippen molar-refractivity contribution in [3.8, 4) is 17.2 Å². The van der Waals surface area contributed by atoms with E-state index < -0.39 is 12.0 Å². The second-order valence-electron chi connectivity index (χ2n) is 8.95. The van der Waals surface area contributed by atoms with Crippen LogP contribution in [0.1, 0.15) is 36.7 Å². The number of hydrogen-bond acceptors (Lipinski definition) is 8. The highest BCUT2D eigenvalue weighted by atomic mass is 35.5. The number of nitrogens with zero attached hydrogens (tertiary/aromatic N) is 4. The lowest BCUT2D eigenvalue weighted by Crippen LogP contribution is -2.40. The Balaban J connectivity index is 1.72. The van der Waals surface area contributed by atoms with Crippen LogP contribution in [0.3, 0.4) is 0 Å². The molecule has 1 atom stereocenters. The number of carbonyl (C=O) groups is 1. The number of carbonyl (C=O) groups excluding carboxylic acids is 1. The quantitative estimate of drug-likeness (QED) is 0.308. The van der Waals surface area contributed by atoms with E-state index in [1.165, 1.54) is 23.0 Å². The maximum atomic E-state index is 14.0. The van der Waals surface area contributed by atoms with Crippen LogP contribution in [0.15, 0.2) is 69.6 Å². The molecule has 206 valence electrons. The van der Waals surface area contributed by atoms with Crippen LogP contribution < -0.4 is 24.4 Å². The van der Waals surface area contributed by atoms with E-state index >= 15 is 0 Å². The predicted molar refractivity (Wildman–Crippen MR) is 153 cm³/mol. The maximum absolute atomic E-state index is 14.0. The Hall–Kier alpha value is -4.15. The zero-order chi connectivity index (χ0) is 28.6. The lowest BCUT2D eigenvalue weighted by Gasteiger charge is -2.25. The smallest absolute Gasteiger partial charge is 0.338 e. The predicted octanol–water partition coefficient (Wildman–Crippen LogP) is 3.96. The van der Waals surface area contributed by atoms with Crippen LogP contribution in [-0.4, -0.2) is 41.1 Å². The summed E-state index contributed by atoms with van der Waals surface area (Å²) in [7, 11) is 3.07. The largest absolute Gasteiger partial charge is 0.493 e. The average Bonchev–Trinajstić information content (AvgIpc) is 3.42. The van der Waals surface area contributed by atoms with Crippen molar-refractivity contribution in [2.75, 3.05) is 20.8 Å². The molecule has 0 amide bonds. The van der Waals surface area contributed by atoms with E-state index in [0.717, 1.165) is 5.69 Å². The monoisotopic (exact) mass is 578 g/mol. The molecule has 1 aliphatic rings. The first-order valence-corrected chi connectivity index (χ1v) is 13.7. The third-order valence-electron chi connectivity index (χ3n) is 6.56. The van der Waals surface area contributed by atoms with Gasteiger partial charge in [0.1, 0.15) is 5.15 Å². The Bertz CT molecular complexity index is 1820. The van der Waals surface area contributed by atoms with E-state index in [-0.39, 0.29) is 17.7 Å². The summed E-state index contributed by atoms with van der Waals surface area (Å²) in [6, 6.07) is 14.0. The molecule has 3 heterocycles. The number of fused-ring (bicyclic) bond motifs is 1. The van der Waals surface area contributed by atoms with Gasteiger partial charge in [-0.2, -0.15) is 5.10 Å². The molecule has 0 N–H and O–H groups in total. The molecule has 0 aliphatic carbocycles. The van der Waals surface area contributed by atoms with Crippen molar-refractivity contribution >= 4 is 35.0 Å². The summed E-state index contributed by atoms with van der Waals surface area (Å²) in [5.74, 6) is 0.453. The first-order chi connectivity index (χ1) is 19.3. The molecule has 0 bridgehead atoms. The van der Waals surface area contributed by atoms with Crippen molar-refractivity contribution in [3.05, 3.63) is 101 Å². The standard InChI is InChI=1S/C29H27ClN4O5S/c1-6-39-28(36)24-17(3)31-29-33(25(24)18-12-13-21(37-4)22(14-18)38-5)27(35)23(40-29)15-20-16(2)32-34(26(20)30)19-10-8-7-9-11-19/h7-15,25H,6H2,1-5H3/t25-/m1/s1. The SMILES string of the molecule is CCOC(=O)C1=C(C)N=c2sc(=Cc3c(C)nn(-c4ccccc4)c3Cl)c(=O)n2[C@@H]1c1ccc(OC)c(OC)c1. The van der Waals surface area contributed by atoms with Crippen LogP contribution >= 0.6 is 22.9 Å². The number of rotatable bonds is 7. The molecular formula is C29H27ClN4O5S. The topological polar surface area (TPSA) is 96.9 Å². The molecule has 4 aromatic rings. The summed E-state index contributed by atoms with van der Waals surface area (Å²) in [6.45, 7) is 5.49. The highest BCUT2D eigenvalue weighted by molar-refractivity contribution is 7.07. The molecule has 0 unspecified atom stereocenters. The summed E-state index contributed by atoms with van der Waals surface area (Å²) in [5, 5.41) is 4.97. The second-order valence-corrected chi connectivity index (χ2v) is 10.3. The van der Waals surface area contributed by atoms with Gasteiger partial charge in [-0.1, -0.05) is 47.2 Å². The van der Waals surface area contributed by atoms with Crippen molar-refractivity contribution in [1.82, 2.24) is 14.3 Å². The van der Waals surface area contributed by atoms with Crippen LogP contribution in [-0.2, 0) is 9.53 Å². The van der Waals surface area contributed by atoms with Crippen LogP contribution in [0, 0.1) is 6.92 Å². The van der Waals surface area contributed by atoms with Gasteiger partial charge in [0.05, 0.1) is 54.1 Å². The molecule has 1 aliphatic heterocycles. The molecule has 2 aromatic heterocycles. The number of methoxy groups -OCH3 is 2. The lowest BCUT2D eigenvalue weighted by atomic mass is 9.95. The Labute approximate surface area is 239 Å². The zero-order valence-corrected chi connectivity index (χ0v) is 24.2. The maximum Gasteiger partial charge on any atom is 0.338 e. The molecule has 5 rings (SSSR count). The normalized spacial score (nSPS) is 15.1. The van der Waals surface area contributed by atoms with Gasteiger partial charge in [0.2, 0.25) is 0 Å². The molecule has 2 aromatic carbocycles. The number of benzene rings is 2. The van der Waals surface area contributed by atoms with Crippen molar-refractivity contribution in [3.63, 3.8) is 0 Å². The number of aryl methyl sites for hydroxylation is 1. The van der Waals surface area contributed by atoms with E-state index in [0.29, 0.717) is 48.5 Å². The minimum absolute atomic E-state index is 0.182.